The Balaban J connectivity index is 1.53. The number of piperazine rings is 1. The lowest BCUT2D eigenvalue weighted by Gasteiger charge is -2.34. The van der Waals surface area contributed by atoms with E-state index in [9.17, 15) is 18.0 Å². The number of aryl methyl sites for hydroxylation is 2. The van der Waals surface area contributed by atoms with Gasteiger partial charge in [-0.3, -0.25) is 9.59 Å². The van der Waals surface area contributed by atoms with Gasteiger partial charge in [0.2, 0.25) is 10.0 Å². The van der Waals surface area contributed by atoms with Gasteiger partial charge in [-0.25, -0.2) is 8.42 Å². The van der Waals surface area contributed by atoms with Crippen LogP contribution in [0.1, 0.15) is 31.8 Å². The lowest BCUT2D eigenvalue weighted by molar-refractivity contribution is 0.0697. The predicted molar refractivity (Wildman–Crippen MR) is 137 cm³/mol. The van der Waals surface area contributed by atoms with Gasteiger partial charge in [-0.05, 0) is 61.4 Å². The van der Waals surface area contributed by atoms with Crippen molar-refractivity contribution in [1.29, 1.82) is 0 Å². The summed E-state index contributed by atoms with van der Waals surface area (Å²) < 4.78 is 28.7. The number of rotatable bonds is 6. The van der Waals surface area contributed by atoms with E-state index < -0.39 is 10.0 Å². The summed E-state index contributed by atoms with van der Waals surface area (Å²) in [5, 5.41) is 0. The summed E-state index contributed by atoms with van der Waals surface area (Å²) >= 11 is 1.41. The molecule has 2 N–H and O–H groups in total. The first-order valence-electron chi connectivity index (χ1n) is 11.2. The standard InChI is InChI=1S/C26H27N3O4S2/c1-18-3-4-19(2)24(15-18)34-23-10-9-22(27)16-25(23)35(32,33)29-13-11-28(12-14-29)26(31)21-7-5-20(17-30)6-8-21/h3-10,15-17H,11-14,27H2,1-2H3. The second-order valence-electron chi connectivity index (χ2n) is 8.51. The molecule has 0 radical (unpaired) electrons. The fourth-order valence-electron chi connectivity index (χ4n) is 3.90. The van der Waals surface area contributed by atoms with E-state index in [1.165, 1.54) is 22.1 Å². The van der Waals surface area contributed by atoms with E-state index in [0.717, 1.165) is 22.3 Å². The first-order valence-corrected chi connectivity index (χ1v) is 13.4. The third-order valence-electron chi connectivity index (χ3n) is 5.97. The molecule has 3 aromatic carbocycles. The van der Waals surface area contributed by atoms with Crippen molar-refractivity contribution in [2.45, 2.75) is 28.5 Å². The molecule has 0 spiro atoms. The van der Waals surface area contributed by atoms with Gasteiger partial charge in [-0.2, -0.15) is 4.31 Å². The number of amides is 1. The molecule has 3 aromatic rings. The summed E-state index contributed by atoms with van der Waals surface area (Å²) in [5.41, 5.74) is 9.48. The molecule has 182 valence electrons. The molecular formula is C26H27N3O4S2. The van der Waals surface area contributed by atoms with E-state index in [1.54, 1.807) is 41.3 Å². The molecule has 0 saturated carbocycles. The molecule has 35 heavy (non-hydrogen) atoms. The van der Waals surface area contributed by atoms with E-state index in [4.69, 9.17) is 5.73 Å². The Morgan fingerprint density at radius 1 is 0.914 bits per heavy atom. The maximum atomic E-state index is 13.6. The second kappa shape index (κ2) is 10.2. The molecule has 1 saturated heterocycles. The van der Waals surface area contributed by atoms with Crippen molar-refractivity contribution in [2.75, 3.05) is 31.9 Å². The van der Waals surface area contributed by atoms with Crippen molar-refractivity contribution < 1.29 is 18.0 Å². The van der Waals surface area contributed by atoms with Crippen LogP contribution in [-0.4, -0.2) is 56.0 Å². The smallest absolute Gasteiger partial charge is 0.253 e. The minimum absolute atomic E-state index is 0.174. The van der Waals surface area contributed by atoms with Gasteiger partial charge in [0.15, 0.2) is 0 Å². The van der Waals surface area contributed by atoms with Crippen LogP contribution in [0, 0.1) is 13.8 Å². The van der Waals surface area contributed by atoms with Gasteiger partial charge in [0.25, 0.3) is 5.91 Å². The first kappa shape index (κ1) is 25.0. The van der Waals surface area contributed by atoms with Crippen LogP contribution in [0.2, 0.25) is 0 Å². The first-order chi connectivity index (χ1) is 16.7. The van der Waals surface area contributed by atoms with Crippen molar-refractivity contribution in [1.82, 2.24) is 9.21 Å². The lowest BCUT2D eigenvalue weighted by atomic mass is 10.1. The normalized spacial score (nSPS) is 14.6. The maximum absolute atomic E-state index is 13.6. The summed E-state index contributed by atoms with van der Waals surface area (Å²) in [7, 11) is -3.83. The van der Waals surface area contributed by atoms with Crippen LogP contribution in [0.3, 0.4) is 0 Å². The molecule has 0 aromatic heterocycles. The summed E-state index contributed by atoms with van der Waals surface area (Å²) in [6.45, 7) is 4.91. The highest BCUT2D eigenvalue weighted by atomic mass is 32.2. The van der Waals surface area contributed by atoms with Gasteiger partial charge in [-0.15, -0.1) is 0 Å². The zero-order valence-electron chi connectivity index (χ0n) is 19.6. The number of nitrogens with two attached hydrogens (primary N) is 1. The molecular weight excluding hydrogens is 482 g/mol. The van der Waals surface area contributed by atoms with Crippen LogP contribution in [-0.2, 0) is 10.0 Å². The zero-order chi connectivity index (χ0) is 25.2. The SMILES string of the molecule is Cc1ccc(C)c(Sc2ccc(N)cc2S(=O)(=O)N2CCN(C(=O)c3ccc(C=O)cc3)CC2)c1. The van der Waals surface area contributed by atoms with Crippen molar-refractivity contribution in [3.8, 4) is 0 Å². The number of nitrogens with zero attached hydrogens (tertiary/aromatic N) is 2. The Hall–Kier alpha value is -3.14. The van der Waals surface area contributed by atoms with E-state index in [-0.39, 0.29) is 37.0 Å². The number of sulfonamides is 1. The van der Waals surface area contributed by atoms with Gasteiger partial charge in [0, 0.05) is 52.8 Å². The fraction of sp³-hybridized carbons (Fsp3) is 0.231. The van der Waals surface area contributed by atoms with Crippen LogP contribution in [0.5, 0.6) is 0 Å². The number of carbonyl (C=O) groups is 2. The largest absolute Gasteiger partial charge is 0.399 e. The summed E-state index contributed by atoms with van der Waals surface area (Å²) in [6.07, 6.45) is 0.723. The number of benzene rings is 3. The van der Waals surface area contributed by atoms with Crippen molar-refractivity contribution in [2.24, 2.45) is 0 Å². The van der Waals surface area contributed by atoms with Gasteiger partial charge in [0.1, 0.15) is 6.29 Å². The predicted octanol–water partition coefficient (Wildman–Crippen LogP) is 4.00. The van der Waals surface area contributed by atoms with Gasteiger partial charge >= 0.3 is 0 Å². The lowest BCUT2D eigenvalue weighted by Crippen LogP contribution is -2.50. The summed E-state index contributed by atoms with van der Waals surface area (Å²) in [6, 6.07) is 17.5. The minimum atomic E-state index is -3.83. The van der Waals surface area contributed by atoms with Crippen LogP contribution in [0.4, 0.5) is 5.69 Å². The average molecular weight is 510 g/mol. The quantitative estimate of drug-likeness (QED) is 0.398. The Kier molecular flexibility index (Phi) is 7.30. The van der Waals surface area contributed by atoms with Gasteiger partial charge in [0.05, 0.1) is 4.90 Å². The molecule has 0 atom stereocenters. The molecule has 1 aliphatic heterocycles. The second-order valence-corrected chi connectivity index (χ2v) is 11.5. The monoisotopic (exact) mass is 509 g/mol. The molecule has 1 heterocycles. The van der Waals surface area contributed by atoms with Gasteiger partial charge in [-0.1, -0.05) is 36.0 Å². The van der Waals surface area contributed by atoms with Crippen molar-refractivity contribution >= 4 is 39.7 Å². The number of hydrogen-bond donors (Lipinski definition) is 1. The van der Waals surface area contributed by atoms with Crippen LogP contribution in [0.25, 0.3) is 0 Å². The highest BCUT2D eigenvalue weighted by Gasteiger charge is 2.32. The van der Waals surface area contributed by atoms with Gasteiger partial charge < -0.3 is 10.6 Å². The Morgan fingerprint density at radius 2 is 1.60 bits per heavy atom. The minimum Gasteiger partial charge on any atom is -0.399 e. The average Bonchev–Trinajstić information content (AvgIpc) is 2.87. The highest BCUT2D eigenvalue weighted by molar-refractivity contribution is 8.00. The van der Waals surface area contributed by atoms with E-state index in [1.807, 2.05) is 32.0 Å². The molecule has 4 rings (SSSR count). The van der Waals surface area contributed by atoms with Crippen LogP contribution in [0.15, 0.2) is 75.4 Å². The number of anilines is 1. The van der Waals surface area contributed by atoms with Crippen LogP contribution >= 0.6 is 11.8 Å². The highest BCUT2D eigenvalue weighted by Crippen LogP contribution is 2.37. The molecule has 0 aliphatic carbocycles. The van der Waals surface area contributed by atoms with Crippen molar-refractivity contribution in [3.63, 3.8) is 0 Å². The fourth-order valence-corrected chi connectivity index (χ4v) is 6.88. The molecule has 7 nitrogen and oxygen atoms in total. The van der Waals surface area contributed by atoms with Crippen molar-refractivity contribution in [3.05, 3.63) is 82.9 Å². The maximum Gasteiger partial charge on any atom is 0.253 e. The molecule has 1 fully saturated rings. The Labute approximate surface area is 210 Å². The Bertz CT molecular complexity index is 1360. The number of aldehydes is 1. The third kappa shape index (κ3) is 5.42. The van der Waals surface area contributed by atoms with E-state index in [2.05, 4.69) is 0 Å². The molecule has 9 heteroatoms. The molecule has 1 aliphatic rings. The van der Waals surface area contributed by atoms with E-state index >= 15 is 0 Å². The number of nitrogen functional groups attached to an aromatic ring is 1. The molecule has 0 bridgehead atoms. The summed E-state index contributed by atoms with van der Waals surface area (Å²) in [4.78, 5) is 27.1. The topological polar surface area (TPSA) is 101 Å². The number of hydrogen-bond acceptors (Lipinski definition) is 6. The molecule has 0 unspecified atom stereocenters. The summed E-state index contributed by atoms with van der Waals surface area (Å²) in [5.74, 6) is -0.186. The number of carbonyl (C=O) groups excluding carboxylic acids is 2. The molecule has 1 amide bonds. The van der Waals surface area contributed by atoms with E-state index in [0.29, 0.717) is 21.7 Å². The Morgan fingerprint density at radius 3 is 2.26 bits per heavy atom. The third-order valence-corrected chi connectivity index (χ3v) is 9.27. The zero-order valence-corrected chi connectivity index (χ0v) is 21.2. The van der Waals surface area contributed by atoms with Crippen LogP contribution < -0.4 is 5.73 Å².